The molecule has 0 amide bonds. The number of hydrogen-bond acceptors (Lipinski definition) is 6. The zero-order valence-corrected chi connectivity index (χ0v) is 11.7. The van der Waals surface area contributed by atoms with Crippen LogP contribution < -0.4 is 5.32 Å². The third kappa shape index (κ3) is 2.59. The Bertz CT molecular complexity index is 500. The second kappa shape index (κ2) is 5.22. The second-order valence-corrected chi connectivity index (χ2v) is 4.86. The van der Waals surface area contributed by atoms with Gasteiger partial charge in [-0.25, -0.2) is 14.8 Å². The largest absolute Gasteiger partial charge is 0.464 e. The number of fused-ring (bicyclic) bond motifs is 1. The third-order valence-electron chi connectivity index (χ3n) is 3.11. The number of hydrogen-bond donors (Lipinski definition) is 1. The second-order valence-electron chi connectivity index (χ2n) is 4.86. The van der Waals surface area contributed by atoms with E-state index in [1.165, 1.54) is 7.11 Å². The first-order valence-electron chi connectivity index (χ1n) is 6.33. The smallest absolute Gasteiger partial charge is 0.357 e. The number of methoxy groups -OCH3 is 1. The van der Waals surface area contributed by atoms with Gasteiger partial charge in [0.2, 0.25) is 0 Å². The first-order valence-corrected chi connectivity index (χ1v) is 6.33. The van der Waals surface area contributed by atoms with Crippen molar-refractivity contribution in [1.82, 2.24) is 15.3 Å². The molecule has 0 fully saturated rings. The lowest BCUT2D eigenvalue weighted by molar-refractivity contribution is -0.0211. The minimum Gasteiger partial charge on any atom is -0.464 e. The molecule has 2 rings (SSSR count). The van der Waals surface area contributed by atoms with E-state index in [1.54, 1.807) is 0 Å². The highest BCUT2D eigenvalue weighted by Gasteiger charge is 2.30. The molecule has 104 valence electrons. The van der Waals surface area contributed by atoms with Gasteiger partial charge in [0.15, 0.2) is 11.5 Å². The van der Waals surface area contributed by atoms with E-state index in [9.17, 15) is 4.79 Å². The Kier molecular flexibility index (Phi) is 3.82. The Morgan fingerprint density at radius 2 is 2.11 bits per heavy atom. The molecule has 6 nitrogen and oxygen atoms in total. The molecule has 0 atom stereocenters. The van der Waals surface area contributed by atoms with Crippen LogP contribution in [0.15, 0.2) is 0 Å². The van der Waals surface area contributed by atoms with Crippen molar-refractivity contribution in [3.05, 3.63) is 22.8 Å². The van der Waals surface area contributed by atoms with Crippen LogP contribution in [0.25, 0.3) is 0 Å². The summed E-state index contributed by atoms with van der Waals surface area (Å²) >= 11 is 0. The summed E-state index contributed by atoms with van der Waals surface area (Å²) in [6.07, 6.45) is 0. The van der Waals surface area contributed by atoms with Gasteiger partial charge in [0.05, 0.1) is 12.8 Å². The van der Waals surface area contributed by atoms with Crippen LogP contribution in [0.2, 0.25) is 0 Å². The van der Waals surface area contributed by atoms with E-state index in [0.29, 0.717) is 31.2 Å². The number of esters is 1. The van der Waals surface area contributed by atoms with Gasteiger partial charge in [0.1, 0.15) is 5.60 Å². The number of carbonyl (C=O) groups excluding carboxylic acids is 1. The van der Waals surface area contributed by atoms with Gasteiger partial charge < -0.3 is 14.8 Å². The lowest BCUT2D eigenvalue weighted by Crippen LogP contribution is -2.27. The number of ether oxygens (including phenoxy) is 2. The predicted octanol–water partition coefficient (Wildman–Crippen LogP) is 1.14. The zero-order chi connectivity index (χ0) is 14.0. The fourth-order valence-electron chi connectivity index (χ4n) is 2.13. The molecule has 0 aliphatic carbocycles. The molecule has 2 heterocycles. The highest BCUT2D eigenvalue weighted by Crippen LogP contribution is 2.25. The summed E-state index contributed by atoms with van der Waals surface area (Å²) in [7, 11) is 1.35. The first-order chi connectivity index (χ1) is 8.99. The normalized spacial score (nSPS) is 14.3. The standard InChI is InChI=1S/C13H19N3O3/c1-5-19-13(2,3)12-15-9-7-14-6-8(9)10(16-12)11(17)18-4/h14H,5-7H2,1-4H3. The predicted molar refractivity (Wildman–Crippen MR) is 68.6 cm³/mol. The van der Waals surface area contributed by atoms with Crippen LogP contribution in [0.3, 0.4) is 0 Å². The summed E-state index contributed by atoms with van der Waals surface area (Å²) in [6.45, 7) is 7.48. The summed E-state index contributed by atoms with van der Waals surface area (Å²) in [6, 6.07) is 0. The van der Waals surface area contributed by atoms with Crippen molar-refractivity contribution in [2.45, 2.75) is 39.5 Å². The van der Waals surface area contributed by atoms with Gasteiger partial charge in [-0.05, 0) is 20.8 Å². The number of carbonyl (C=O) groups is 1. The fourth-order valence-corrected chi connectivity index (χ4v) is 2.13. The zero-order valence-electron chi connectivity index (χ0n) is 11.7. The summed E-state index contributed by atoms with van der Waals surface area (Å²) in [5.74, 6) is 0.0769. The molecule has 1 aliphatic heterocycles. The lowest BCUT2D eigenvalue weighted by Gasteiger charge is -2.24. The topological polar surface area (TPSA) is 73.3 Å². The van der Waals surface area contributed by atoms with E-state index < -0.39 is 11.6 Å². The SMILES string of the molecule is CCOC(C)(C)c1nc2c(c(C(=O)OC)n1)CNC2. The highest BCUT2D eigenvalue weighted by atomic mass is 16.5. The van der Waals surface area contributed by atoms with E-state index in [0.717, 1.165) is 11.3 Å². The van der Waals surface area contributed by atoms with Crippen LogP contribution >= 0.6 is 0 Å². The van der Waals surface area contributed by atoms with Gasteiger partial charge in [0.25, 0.3) is 0 Å². The molecule has 0 unspecified atom stereocenters. The number of nitrogens with one attached hydrogen (secondary N) is 1. The van der Waals surface area contributed by atoms with Crippen LogP contribution in [0.1, 0.15) is 48.3 Å². The summed E-state index contributed by atoms with van der Waals surface area (Å²) in [5.41, 5.74) is 1.37. The molecule has 1 aliphatic rings. The molecule has 0 saturated heterocycles. The quantitative estimate of drug-likeness (QED) is 0.823. The molecule has 0 radical (unpaired) electrons. The minimum absolute atomic E-state index is 0.334. The fraction of sp³-hybridized carbons (Fsp3) is 0.615. The van der Waals surface area contributed by atoms with Crippen molar-refractivity contribution >= 4 is 5.97 Å². The van der Waals surface area contributed by atoms with Crippen LogP contribution in [0.5, 0.6) is 0 Å². The molecule has 0 spiro atoms. The lowest BCUT2D eigenvalue weighted by atomic mass is 10.1. The van der Waals surface area contributed by atoms with Gasteiger partial charge in [-0.1, -0.05) is 0 Å². The van der Waals surface area contributed by atoms with Crippen molar-refractivity contribution in [3.63, 3.8) is 0 Å². The van der Waals surface area contributed by atoms with E-state index in [2.05, 4.69) is 15.3 Å². The van der Waals surface area contributed by atoms with Crippen molar-refractivity contribution in [2.24, 2.45) is 0 Å². The van der Waals surface area contributed by atoms with Crippen molar-refractivity contribution < 1.29 is 14.3 Å². The molecule has 0 saturated carbocycles. The molecule has 1 aromatic rings. The monoisotopic (exact) mass is 265 g/mol. The van der Waals surface area contributed by atoms with E-state index >= 15 is 0 Å². The Hall–Kier alpha value is -1.53. The maximum atomic E-state index is 11.8. The molecular weight excluding hydrogens is 246 g/mol. The van der Waals surface area contributed by atoms with Crippen molar-refractivity contribution in [1.29, 1.82) is 0 Å². The van der Waals surface area contributed by atoms with Crippen LogP contribution in [0.4, 0.5) is 0 Å². The van der Waals surface area contributed by atoms with Gasteiger partial charge in [-0.3, -0.25) is 0 Å². The Balaban J connectivity index is 2.50. The Morgan fingerprint density at radius 3 is 2.74 bits per heavy atom. The third-order valence-corrected chi connectivity index (χ3v) is 3.11. The number of rotatable bonds is 4. The Morgan fingerprint density at radius 1 is 1.37 bits per heavy atom. The van der Waals surface area contributed by atoms with E-state index in [1.807, 2.05) is 20.8 Å². The molecule has 6 heteroatoms. The molecule has 1 aromatic heterocycles. The molecule has 19 heavy (non-hydrogen) atoms. The van der Waals surface area contributed by atoms with Crippen molar-refractivity contribution in [2.75, 3.05) is 13.7 Å². The molecular formula is C13H19N3O3. The van der Waals surface area contributed by atoms with Crippen molar-refractivity contribution in [3.8, 4) is 0 Å². The first kappa shape index (κ1) is 13.9. The number of nitrogens with zero attached hydrogens (tertiary/aromatic N) is 2. The Labute approximate surface area is 112 Å². The summed E-state index contributed by atoms with van der Waals surface area (Å²) in [5, 5.41) is 3.17. The molecule has 1 N–H and O–H groups in total. The van der Waals surface area contributed by atoms with Crippen LogP contribution in [-0.4, -0.2) is 29.7 Å². The number of aromatic nitrogens is 2. The summed E-state index contributed by atoms with van der Waals surface area (Å²) in [4.78, 5) is 20.7. The van der Waals surface area contributed by atoms with Gasteiger partial charge in [0, 0.05) is 25.3 Å². The highest BCUT2D eigenvalue weighted by molar-refractivity contribution is 5.89. The average Bonchev–Trinajstić information content (AvgIpc) is 2.84. The molecule has 0 bridgehead atoms. The average molecular weight is 265 g/mol. The van der Waals surface area contributed by atoms with Gasteiger partial charge >= 0.3 is 5.97 Å². The van der Waals surface area contributed by atoms with Gasteiger partial charge in [-0.2, -0.15) is 0 Å². The van der Waals surface area contributed by atoms with E-state index in [-0.39, 0.29) is 0 Å². The van der Waals surface area contributed by atoms with Crippen LogP contribution in [-0.2, 0) is 28.2 Å². The van der Waals surface area contributed by atoms with Gasteiger partial charge in [-0.15, -0.1) is 0 Å². The van der Waals surface area contributed by atoms with E-state index in [4.69, 9.17) is 9.47 Å². The van der Waals surface area contributed by atoms with Crippen LogP contribution in [0, 0.1) is 0 Å². The molecule has 0 aromatic carbocycles. The minimum atomic E-state index is -0.630. The maximum Gasteiger partial charge on any atom is 0.357 e. The summed E-state index contributed by atoms with van der Waals surface area (Å²) < 4.78 is 10.4. The maximum absolute atomic E-state index is 11.8.